The maximum Gasteiger partial charge on any atom is 0.261 e. The van der Waals surface area contributed by atoms with Crippen molar-refractivity contribution in [2.75, 3.05) is 13.1 Å². The number of nitrogens with one attached hydrogen (secondary N) is 2. The number of amides is 1. The van der Waals surface area contributed by atoms with E-state index >= 15 is 0 Å². The molecule has 1 fully saturated rings. The number of rotatable bonds is 3. The summed E-state index contributed by atoms with van der Waals surface area (Å²) < 4.78 is 1.92. The Morgan fingerprint density at radius 1 is 1.36 bits per heavy atom. The molecule has 4 rings (SSSR count). The summed E-state index contributed by atoms with van der Waals surface area (Å²) in [6.45, 7) is 3.88. The Hall–Kier alpha value is -1.89. The molecule has 3 aromatic rings. The van der Waals surface area contributed by atoms with E-state index < -0.39 is 0 Å². The van der Waals surface area contributed by atoms with E-state index in [0.29, 0.717) is 0 Å². The van der Waals surface area contributed by atoms with E-state index in [9.17, 15) is 4.79 Å². The molecule has 0 spiro atoms. The first kappa shape index (κ1) is 17.9. The van der Waals surface area contributed by atoms with Gasteiger partial charge in [0.25, 0.3) is 5.91 Å². The van der Waals surface area contributed by atoms with Crippen molar-refractivity contribution >= 4 is 39.9 Å². The van der Waals surface area contributed by atoms with Crippen LogP contribution in [0.5, 0.6) is 0 Å². The number of piperidine rings is 1. The number of aromatic nitrogens is 2. The van der Waals surface area contributed by atoms with E-state index in [2.05, 4.69) is 15.7 Å². The molecule has 1 atom stereocenters. The Labute approximate surface area is 156 Å². The highest BCUT2D eigenvalue weighted by molar-refractivity contribution is 7.20. The fourth-order valence-electron chi connectivity index (χ4n) is 3.13. The van der Waals surface area contributed by atoms with Gasteiger partial charge in [-0.1, -0.05) is 18.2 Å². The van der Waals surface area contributed by atoms with Crippen molar-refractivity contribution in [2.24, 2.45) is 0 Å². The Kier molecular flexibility index (Phi) is 5.42. The second kappa shape index (κ2) is 7.56. The predicted molar refractivity (Wildman–Crippen MR) is 104 cm³/mol. The van der Waals surface area contributed by atoms with Crippen molar-refractivity contribution < 1.29 is 4.79 Å². The van der Waals surface area contributed by atoms with Crippen LogP contribution in [0.3, 0.4) is 0 Å². The maximum atomic E-state index is 12.6. The van der Waals surface area contributed by atoms with E-state index in [1.165, 1.54) is 11.3 Å². The minimum atomic E-state index is 0. The topological polar surface area (TPSA) is 59.0 Å². The Bertz CT molecular complexity index is 868. The summed E-state index contributed by atoms with van der Waals surface area (Å²) in [7, 11) is 0. The first-order valence-corrected chi connectivity index (χ1v) is 9.10. The van der Waals surface area contributed by atoms with Crippen LogP contribution in [0.2, 0.25) is 0 Å². The lowest BCUT2D eigenvalue weighted by Crippen LogP contribution is -2.45. The third-order valence-electron chi connectivity index (χ3n) is 4.40. The Balaban J connectivity index is 0.00000182. The molecule has 1 amide bonds. The fourth-order valence-corrected chi connectivity index (χ4v) is 4.22. The van der Waals surface area contributed by atoms with E-state index in [-0.39, 0.29) is 24.4 Å². The monoisotopic (exact) mass is 376 g/mol. The highest BCUT2D eigenvalue weighted by Crippen LogP contribution is 2.30. The van der Waals surface area contributed by atoms with Gasteiger partial charge in [-0.2, -0.15) is 5.10 Å². The molecule has 7 heteroatoms. The average molecular weight is 377 g/mol. The SMILES string of the molecule is Cc1nn(-c2ccccc2)c2sc(C(=O)N[C@H]3CCCNC3)cc12.Cl. The quantitative estimate of drug-likeness (QED) is 0.737. The molecule has 1 aliphatic heterocycles. The second-order valence-corrected chi connectivity index (χ2v) is 7.21. The minimum Gasteiger partial charge on any atom is -0.347 e. The van der Waals surface area contributed by atoms with Crippen LogP contribution in [0.4, 0.5) is 0 Å². The molecule has 0 radical (unpaired) electrons. The van der Waals surface area contributed by atoms with Gasteiger partial charge in [-0.15, -0.1) is 23.7 Å². The minimum absolute atomic E-state index is 0. The molecule has 3 heterocycles. The van der Waals surface area contributed by atoms with Gasteiger partial charge in [-0.3, -0.25) is 4.79 Å². The van der Waals surface area contributed by atoms with Crippen LogP contribution in [0.25, 0.3) is 15.9 Å². The highest BCUT2D eigenvalue weighted by Gasteiger charge is 2.20. The van der Waals surface area contributed by atoms with Gasteiger partial charge in [-0.25, -0.2) is 4.68 Å². The highest BCUT2D eigenvalue weighted by atomic mass is 35.5. The molecule has 0 saturated carbocycles. The molecular weight excluding hydrogens is 356 g/mol. The van der Waals surface area contributed by atoms with Gasteiger partial charge in [0.2, 0.25) is 0 Å². The van der Waals surface area contributed by atoms with Crippen LogP contribution in [0.15, 0.2) is 36.4 Å². The summed E-state index contributed by atoms with van der Waals surface area (Å²) in [5.74, 6) is 0.0175. The Morgan fingerprint density at radius 3 is 2.88 bits per heavy atom. The number of para-hydroxylation sites is 1. The number of hydrogen-bond acceptors (Lipinski definition) is 4. The molecule has 2 aromatic heterocycles. The number of carbonyl (C=O) groups excluding carboxylic acids is 1. The number of fused-ring (bicyclic) bond motifs is 1. The zero-order valence-corrected chi connectivity index (χ0v) is 15.6. The van der Waals surface area contributed by atoms with Crippen molar-refractivity contribution in [1.82, 2.24) is 20.4 Å². The van der Waals surface area contributed by atoms with E-state index in [0.717, 1.165) is 52.4 Å². The summed E-state index contributed by atoms with van der Waals surface area (Å²) in [5, 5.41) is 12.1. The molecular formula is C18H21ClN4OS. The molecule has 0 aliphatic carbocycles. The summed E-state index contributed by atoms with van der Waals surface area (Å²) in [4.78, 5) is 14.4. The molecule has 2 N–H and O–H groups in total. The van der Waals surface area contributed by atoms with Crippen LogP contribution in [-0.2, 0) is 0 Å². The lowest BCUT2D eigenvalue weighted by Gasteiger charge is -2.23. The maximum absolute atomic E-state index is 12.6. The summed E-state index contributed by atoms with van der Waals surface area (Å²) in [5.41, 5.74) is 1.96. The number of thiophene rings is 1. The largest absolute Gasteiger partial charge is 0.347 e. The molecule has 25 heavy (non-hydrogen) atoms. The number of halogens is 1. The zero-order valence-electron chi connectivity index (χ0n) is 14.0. The van der Waals surface area contributed by atoms with Gasteiger partial charge in [-0.05, 0) is 44.5 Å². The van der Waals surface area contributed by atoms with Crippen molar-refractivity contribution in [3.8, 4) is 5.69 Å². The lowest BCUT2D eigenvalue weighted by molar-refractivity contribution is 0.0935. The zero-order chi connectivity index (χ0) is 16.5. The predicted octanol–water partition coefficient (Wildman–Crippen LogP) is 3.30. The standard InChI is InChI=1S/C18H20N4OS.ClH/c1-12-15-10-16(17(23)20-13-6-5-9-19-11-13)24-18(15)22(21-12)14-7-3-2-4-8-14;/h2-4,7-8,10,13,19H,5-6,9,11H2,1H3,(H,20,23);1H/t13-;/m0./s1. The van der Waals surface area contributed by atoms with Crippen LogP contribution >= 0.6 is 23.7 Å². The normalized spacial score (nSPS) is 17.2. The van der Waals surface area contributed by atoms with Gasteiger partial charge in [0.15, 0.2) is 0 Å². The smallest absolute Gasteiger partial charge is 0.261 e. The average Bonchev–Trinajstić information content (AvgIpc) is 3.18. The van der Waals surface area contributed by atoms with Gasteiger partial charge < -0.3 is 10.6 Å². The Morgan fingerprint density at radius 2 is 2.16 bits per heavy atom. The van der Waals surface area contributed by atoms with Gasteiger partial charge in [0, 0.05) is 18.0 Å². The summed E-state index contributed by atoms with van der Waals surface area (Å²) in [6, 6.07) is 12.2. The number of aryl methyl sites for hydroxylation is 1. The fraction of sp³-hybridized carbons (Fsp3) is 0.333. The first-order chi connectivity index (χ1) is 11.7. The van der Waals surface area contributed by atoms with E-state index in [1.54, 1.807) is 0 Å². The molecule has 0 bridgehead atoms. The first-order valence-electron chi connectivity index (χ1n) is 8.28. The molecule has 1 aromatic carbocycles. The van der Waals surface area contributed by atoms with E-state index in [1.807, 2.05) is 48.0 Å². The molecule has 5 nitrogen and oxygen atoms in total. The third kappa shape index (κ3) is 3.56. The van der Waals surface area contributed by atoms with Crippen molar-refractivity contribution in [1.29, 1.82) is 0 Å². The number of benzene rings is 1. The second-order valence-electron chi connectivity index (χ2n) is 6.18. The molecule has 132 valence electrons. The summed E-state index contributed by atoms with van der Waals surface area (Å²) >= 11 is 1.50. The number of nitrogens with zero attached hydrogens (tertiary/aromatic N) is 2. The van der Waals surface area contributed by atoms with E-state index in [4.69, 9.17) is 0 Å². The van der Waals surface area contributed by atoms with Crippen molar-refractivity contribution in [3.05, 3.63) is 47.0 Å². The van der Waals surface area contributed by atoms with Crippen LogP contribution in [0.1, 0.15) is 28.2 Å². The van der Waals surface area contributed by atoms with Gasteiger partial charge >= 0.3 is 0 Å². The molecule has 1 aliphatic rings. The van der Waals surface area contributed by atoms with Crippen molar-refractivity contribution in [2.45, 2.75) is 25.8 Å². The van der Waals surface area contributed by atoms with Crippen LogP contribution in [-0.4, -0.2) is 34.8 Å². The third-order valence-corrected chi connectivity index (χ3v) is 5.51. The number of hydrogen-bond donors (Lipinski definition) is 2. The van der Waals surface area contributed by atoms with Crippen LogP contribution in [0, 0.1) is 6.92 Å². The van der Waals surface area contributed by atoms with Gasteiger partial charge in [0.1, 0.15) is 4.83 Å². The molecule has 0 unspecified atom stereocenters. The number of carbonyl (C=O) groups is 1. The summed E-state index contributed by atoms with van der Waals surface area (Å²) in [6.07, 6.45) is 2.15. The van der Waals surface area contributed by atoms with Crippen molar-refractivity contribution in [3.63, 3.8) is 0 Å². The van der Waals surface area contributed by atoms with Crippen LogP contribution < -0.4 is 10.6 Å². The van der Waals surface area contributed by atoms with Gasteiger partial charge in [0.05, 0.1) is 16.3 Å². The molecule has 1 saturated heterocycles. The lowest BCUT2D eigenvalue weighted by atomic mass is 10.1.